The molecule has 6 heteroatoms. The predicted octanol–water partition coefficient (Wildman–Crippen LogP) is 4.31. The third-order valence-corrected chi connectivity index (χ3v) is 4.46. The fourth-order valence-electron chi connectivity index (χ4n) is 2.64. The number of halogens is 1. The number of benzene rings is 2. The number of amides is 1. The summed E-state index contributed by atoms with van der Waals surface area (Å²) in [5.74, 6) is 0.989. The van der Waals surface area contributed by atoms with Gasteiger partial charge in [0, 0.05) is 15.6 Å². The molecule has 3 N–H and O–H groups in total. The van der Waals surface area contributed by atoms with Crippen molar-refractivity contribution in [1.29, 1.82) is 0 Å². The molecule has 0 bridgehead atoms. The van der Waals surface area contributed by atoms with Crippen LogP contribution < -0.4 is 11.1 Å². The number of nitrogens with two attached hydrogens (primary N) is 1. The molecule has 26 heavy (non-hydrogen) atoms. The normalized spacial score (nSPS) is 11.9. The Morgan fingerprint density at radius 1 is 1.19 bits per heavy atom. The van der Waals surface area contributed by atoms with E-state index < -0.39 is 0 Å². The third kappa shape index (κ3) is 4.59. The second kappa shape index (κ2) is 8.78. The van der Waals surface area contributed by atoms with Gasteiger partial charge in [0.2, 0.25) is 5.89 Å². The Hall–Kier alpha value is -2.44. The Morgan fingerprint density at radius 2 is 2.00 bits per heavy atom. The zero-order valence-corrected chi connectivity index (χ0v) is 15.8. The van der Waals surface area contributed by atoms with Crippen molar-refractivity contribution in [3.63, 3.8) is 0 Å². The maximum Gasteiger partial charge on any atom is 0.251 e. The summed E-state index contributed by atoms with van der Waals surface area (Å²) in [6.45, 7) is 0.537. The van der Waals surface area contributed by atoms with Crippen LogP contribution in [0.2, 0.25) is 0 Å². The van der Waals surface area contributed by atoms with E-state index in [2.05, 4.69) is 26.2 Å². The first-order chi connectivity index (χ1) is 12.7. The molecule has 0 saturated heterocycles. The van der Waals surface area contributed by atoms with Crippen molar-refractivity contribution in [3.8, 4) is 11.3 Å². The van der Waals surface area contributed by atoms with Crippen LogP contribution in [0.15, 0.2) is 69.7 Å². The monoisotopic (exact) mass is 413 g/mol. The highest BCUT2D eigenvalue weighted by Gasteiger charge is 2.21. The lowest BCUT2D eigenvalue weighted by molar-refractivity contribution is 0.0927. The molecule has 1 heterocycles. The molecule has 5 nitrogen and oxygen atoms in total. The minimum atomic E-state index is -0.331. The zero-order chi connectivity index (χ0) is 18.4. The fourth-order valence-corrected chi connectivity index (χ4v) is 3.03. The molecule has 0 unspecified atom stereocenters. The number of rotatable bonds is 7. The highest BCUT2D eigenvalue weighted by Crippen LogP contribution is 2.25. The Labute approximate surface area is 160 Å². The number of nitrogens with one attached hydrogen (secondary N) is 1. The standard InChI is InChI=1S/C20H20BrN3O2/c21-16-9-4-8-15(12-16)19(25)24-17(10-5-11-22)20-23-13-18(26-20)14-6-2-1-3-7-14/h1-4,6-9,12-13,17H,5,10-11,22H2,(H,24,25)/t17-/m0/s1. The van der Waals surface area contributed by atoms with E-state index in [9.17, 15) is 4.79 Å². The van der Waals surface area contributed by atoms with E-state index in [1.54, 1.807) is 18.3 Å². The Kier molecular flexibility index (Phi) is 6.20. The second-order valence-electron chi connectivity index (χ2n) is 5.90. The summed E-state index contributed by atoms with van der Waals surface area (Å²) in [7, 11) is 0. The number of carbonyl (C=O) groups excluding carboxylic acids is 1. The fraction of sp³-hybridized carbons (Fsp3) is 0.200. The average molecular weight is 414 g/mol. The number of oxazole rings is 1. The maximum absolute atomic E-state index is 12.6. The molecular formula is C20H20BrN3O2. The van der Waals surface area contributed by atoms with Gasteiger partial charge in [0.1, 0.15) is 6.04 Å². The van der Waals surface area contributed by atoms with Crippen LogP contribution in [0, 0.1) is 0 Å². The lowest BCUT2D eigenvalue weighted by atomic mass is 10.1. The molecule has 0 spiro atoms. The molecule has 1 atom stereocenters. The molecule has 134 valence electrons. The van der Waals surface area contributed by atoms with Crippen LogP contribution in [0.25, 0.3) is 11.3 Å². The van der Waals surface area contributed by atoms with Crippen molar-refractivity contribution in [2.45, 2.75) is 18.9 Å². The smallest absolute Gasteiger partial charge is 0.251 e. The van der Waals surface area contributed by atoms with Gasteiger partial charge < -0.3 is 15.5 Å². The van der Waals surface area contributed by atoms with Gasteiger partial charge in [-0.25, -0.2) is 4.98 Å². The van der Waals surface area contributed by atoms with Crippen LogP contribution in [0.1, 0.15) is 35.1 Å². The summed E-state index contributed by atoms with van der Waals surface area (Å²) in [6, 6.07) is 16.7. The van der Waals surface area contributed by atoms with Crippen molar-refractivity contribution in [3.05, 3.63) is 76.7 Å². The molecule has 0 saturated carbocycles. The largest absolute Gasteiger partial charge is 0.438 e. The van der Waals surface area contributed by atoms with Gasteiger partial charge in [-0.2, -0.15) is 0 Å². The first-order valence-electron chi connectivity index (χ1n) is 8.45. The summed E-state index contributed by atoms with van der Waals surface area (Å²) in [4.78, 5) is 17.0. The van der Waals surface area contributed by atoms with E-state index in [1.807, 2.05) is 42.5 Å². The van der Waals surface area contributed by atoms with E-state index in [0.717, 1.165) is 16.5 Å². The molecule has 0 aliphatic rings. The average Bonchev–Trinajstić information content (AvgIpc) is 3.16. The Balaban J connectivity index is 1.80. The zero-order valence-electron chi connectivity index (χ0n) is 14.2. The molecule has 0 fully saturated rings. The minimum absolute atomic E-state index is 0.173. The molecule has 0 aliphatic carbocycles. The van der Waals surface area contributed by atoms with Gasteiger partial charge >= 0.3 is 0 Å². The topological polar surface area (TPSA) is 81.1 Å². The number of nitrogens with zero attached hydrogens (tertiary/aromatic N) is 1. The number of carbonyl (C=O) groups is 1. The Morgan fingerprint density at radius 3 is 2.73 bits per heavy atom. The van der Waals surface area contributed by atoms with Gasteiger partial charge in [-0.1, -0.05) is 52.3 Å². The SMILES string of the molecule is NCCC[C@H](NC(=O)c1cccc(Br)c1)c1ncc(-c2ccccc2)o1. The number of hydrogen-bond donors (Lipinski definition) is 2. The van der Waals surface area contributed by atoms with Crippen LogP contribution in [0.4, 0.5) is 0 Å². The van der Waals surface area contributed by atoms with Crippen molar-refractivity contribution < 1.29 is 9.21 Å². The molecular weight excluding hydrogens is 394 g/mol. The van der Waals surface area contributed by atoms with E-state index in [1.165, 1.54) is 0 Å². The summed E-state index contributed by atoms with van der Waals surface area (Å²) in [5, 5.41) is 3.00. The van der Waals surface area contributed by atoms with Crippen LogP contribution in [-0.2, 0) is 0 Å². The first kappa shape index (κ1) is 18.4. The lowest BCUT2D eigenvalue weighted by Gasteiger charge is -2.15. The third-order valence-electron chi connectivity index (χ3n) is 3.97. The quantitative estimate of drug-likeness (QED) is 0.604. The number of hydrogen-bond acceptors (Lipinski definition) is 4. The van der Waals surface area contributed by atoms with Gasteiger partial charge in [0.05, 0.1) is 6.20 Å². The van der Waals surface area contributed by atoms with E-state index in [0.29, 0.717) is 30.2 Å². The van der Waals surface area contributed by atoms with Crippen LogP contribution in [-0.4, -0.2) is 17.4 Å². The van der Waals surface area contributed by atoms with Crippen LogP contribution in [0.5, 0.6) is 0 Å². The molecule has 0 aliphatic heterocycles. The van der Waals surface area contributed by atoms with Gasteiger partial charge in [0.15, 0.2) is 5.76 Å². The van der Waals surface area contributed by atoms with Crippen molar-refractivity contribution in [2.24, 2.45) is 5.73 Å². The van der Waals surface area contributed by atoms with Crippen LogP contribution in [0.3, 0.4) is 0 Å². The molecule has 2 aromatic carbocycles. The van der Waals surface area contributed by atoms with Gasteiger partial charge in [-0.3, -0.25) is 4.79 Å². The minimum Gasteiger partial charge on any atom is -0.438 e. The molecule has 3 rings (SSSR count). The summed E-state index contributed by atoms with van der Waals surface area (Å²) in [6.07, 6.45) is 3.10. The van der Waals surface area contributed by atoms with Crippen molar-refractivity contribution >= 4 is 21.8 Å². The van der Waals surface area contributed by atoms with Gasteiger partial charge in [0.25, 0.3) is 5.91 Å². The molecule has 1 aromatic heterocycles. The van der Waals surface area contributed by atoms with E-state index in [-0.39, 0.29) is 11.9 Å². The van der Waals surface area contributed by atoms with Crippen molar-refractivity contribution in [1.82, 2.24) is 10.3 Å². The lowest BCUT2D eigenvalue weighted by Crippen LogP contribution is -2.29. The highest BCUT2D eigenvalue weighted by atomic mass is 79.9. The summed E-state index contributed by atoms with van der Waals surface area (Å²) < 4.78 is 6.77. The second-order valence-corrected chi connectivity index (χ2v) is 6.81. The van der Waals surface area contributed by atoms with Gasteiger partial charge in [-0.05, 0) is 37.6 Å². The molecule has 3 aromatic rings. The van der Waals surface area contributed by atoms with Crippen molar-refractivity contribution in [2.75, 3.05) is 6.54 Å². The maximum atomic E-state index is 12.6. The van der Waals surface area contributed by atoms with E-state index in [4.69, 9.17) is 10.2 Å². The van der Waals surface area contributed by atoms with Gasteiger partial charge in [-0.15, -0.1) is 0 Å². The highest BCUT2D eigenvalue weighted by molar-refractivity contribution is 9.10. The van der Waals surface area contributed by atoms with Crippen LogP contribution >= 0.6 is 15.9 Å². The number of aromatic nitrogens is 1. The van der Waals surface area contributed by atoms with E-state index >= 15 is 0 Å². The molecule has 1 amide bonds. The summed E-state index contributed by atoms with van der Waals surface area (Å²) in [5.41, 5.74) is 7.17. The summed E-state index contributed by atoms with van der Waals surface area (Å²) >= 11 is 3.39. The predicted molar refractivity (Wildman–Crippen MR) is 105 cm³/mol. The molecule has 0 radical (unpaired) electrons. The first-order valence-corrected chi connectivity index (χ1v) is 9.24. The Bertz CT molecular complexity index is 864.